The fourth-order valence-corrected chi connectivity index (χ4v) is 4.44. The molecule has 1 fully saturated rings. The van der Waals surface area contributed by atoms with Crippen LogP contribution in [0.3, 0.4) is 0 Å². The Morgan fingerprint density at radius 3 is 2.68 bits per heavy atom. The number of likely N-dealkylation sites (tertiary alicyclic amines) is 1. The summed E-state index contributed by atoms with van der Waals surface area (Å²) < 4.78 is 16.8. The highest BCUT2D eigenvalue weighted by Crippen LogP contribution is 2.36. The summed E-state index contributed by atoms with van der Waals surface area (Å²) in [7, 11) is 1.59. The zero-order valence-electron chi connectivity index (χ0n) is 19.9. The maximum Gasteiger partial charge on any atom is 0.238 e. The summed E-state index contributed by atoms with van der Waals surface area (Å²) in [6, 6.07) is 11.5. The van der Waals surface area contributed by atoms with Crippen LogP contribution >= 0.6 is 0 Å². The molecular formula is C26H33N3O5. The number of carbonyl (C=O) groups is 2. The second-order valence-corrected chi connectivity index (χ2v) is 8.59. The highest BCUT2D eigenvalue weighted by Gasteiger charge is 2.26. The van der Waals surface area contributed by atoms with E-state index in [4.69, 9.17) is 13.9 Å². The molecule has 182 valence electrons. The molecule has 2 N–H and O–H groups in total. The first-order chi connectivity index (χ1) is 16.6. The molecule has 3 aromatic rings. The Labute approximate surface area is 199 Å². The topological polar surface area (TPSA) is 93.0 Å². The molecule has 1 aromatic heterocycles. The van der Waals surface area contributed by atoms with Crippen LogP contribution in [0.2, 0.25) is 0 Å². The lowest BCUT2D eigenvalue weighted by Gasteiger charge is -2.30. The van der Waals surface area contributed by atoms with Gasteiger partial charge >= 0.3 is 0 Å². The van der Waals surface area contributed by atoms with Crippen molar-refractivity contribution in [1.29, 1.82) is 0 Å². The van der Waals surface area contributed by atoms with E-state index in [1.54, 1.807) is 7.11 Å². The number of ether oxygens (including phenoxy) is 2. The molecule has 0 atom stereocenters. The molecule has 0 unspecified atom stereocenters. The summed E-state index contributed by atoms with van der Waals surface area (Å²) in [5, 5.41) is 7.92. The van der Waals surface area contributed by atoms with Crippen LogP contribution < -0.4 is 15.4 Å². The number of carbonyl (C=O) groups excluding carboxylic acids is 2. The summed E-state index contributed by atoms with van der Waals surface area (Å²) in [5.74, 6) is 0.575. The van der Waals surface area contributed by atoms with Crippen molar-refractivity contribution < 1.29 is 23.5 Å². The van der Waals surface area contributed by atoms with E-state index < -0.39 is 0 Å². The van der Waals surface area contributed by atoms with Crippen LogP contribution in [0.25, 0.3) is 21.9 Å². The van der Waals surface area contributed by atoms with E-state index >= 15 is 0 Å². The number of anilines is 1. The summed E-state index contributed by atoms with van der Waals surface area (Å²) in [5.41, 5.74) is 2.08. The van der Waals surface area contributed by atoms with Gasteiger partial charge in [0.05, 0.1) is 19.3 Å². The molecule has 4 rings (SSSR count). The largest absolute Gasteiger partial charge is 0.495 e. The molecule has 1 saturated heterocycles. The van der Waals surface area contributed by atoms with E-state index in [1.807, 2.05) is 43.3 Å². The van der Waals surface area contributed by atoms with E-state index in [-0.39, 0.29) is 24.3 Å². The standard InChI is InChI=1S/C26H33N3O5/c1-3-33-14-6-11-27-26(31)18-9-12-29(13-10-18)17-25(30)28-21-16-23-20(15-24(21)32-2)19-7-4-5-8-22(19)34-23/h4-5,7-8,15-16,18H,3,6,9-14,17H2,1-2H3,(H,27,31)(H,28,30). The second kappa shape index (κ2) is 11.4. The Kier molecular flexibility index (Phi) is 8.03. The zero-order valence-corrected chi connectivity index (χ0v) is 19.9. The highest BCUT2D eigenvalue weighted by molar-refractivity contribution is 6.07. The molecule has 34 heavy (non-hydrogen) atoms. The number of hydrogen-bond donors (Lipinski definition) is 2. The van der Waals surface area contributed by atoms with Crippen LogP contribution in [-0.4, -0.2) is 63.2 Å². The monoisotopic (exact) mass is 467 g/mol. The Bertz CT molecular complexity index is 1130. The first kappa shape index (κ1) is 24.0. The van der Waals surface area contributed by atoms with Gasteiger partial charge in [0.15, 0.2) is 0 Å². The van der Waals surface area contributed by atoms with Crippen LogP contribution in [0.5, 0.6) is 5.75 Å². The van der Waals surface area contributed by atoms with Crippen LogP contribution in [0, 0.1) is 5.92 Å². The maximum atomic E-state index is 12.8. The summed E-state index contributed by atoms with van der Waals surface area (Å²) in [4.78, 5) is 27.2. The van der Waals surface area contributed by atoms with Crippen LogP contribution in [0.4, 0.5) is 5.69 Å². The number of fused-ring (bicyclic) bond motifs is 3. The Balaban J connectivity index is 1.29. The van der Waals surface area contributed by atoms with Gasteiger partial charge in [0.25, 0.3) is 0 Å². The van der Waals surface area contributed by atoms with E-state index in [0.29, 0.717) is 49.9 Å². The number of hydrogen-bond acceptors (Lipinski definition) is 6. The van der Waals surface area contributed by atoms with Gasteiger partial charge < -0.3 is 24.5 Å². The molecule has 0 saturated carbocycles. The molecule has 0 aliphatic carbocycles. The average Bonchev–Trinajstić information content (AvgIpc) is 3.21. The van der Waals surface area contributed by atoms with Gasteiger partial charge in [-0.3, -0.25) is 14.5 Å². The molecule has 0 bridgehead atoms. The summed E-state index contributed by atoms with van der Waals surface area (Å²) >= 11 is 0. The van der Waals surface area contributed by atoms with Gasteiger partial charge in [-0.2, -0.15) is 0 Å². The Morgan fingerprint density at radius 2 is 1.91 bits per heavy atom. The van der Waals surface area contributed by atoms with Gasteiger partial charge in [0, 0.05) is 42.5 Å². The first-order valence-corrected chi connectivity index (χ1v) is 12.0. The fourth-order valence-electron chi connectivity index (χ4n) is 4.44. The van der Waals surface area contributed by atoms with E-state index in [2.05, 4.69) is 15.5 Å². The van der Waals surface area contributed by atoms with Gasteiger partial charge in [-0.05, 0) is 51.4 Å². The summed E-state index contributed by atoms with van der Waals surface area (Å²) in [6.45, 7) is 5.65. The van der Waals surface area contributed by atoms with Crippen LogP contribution in [0.15, 0.2) is 40.8 Å². The van der Waals surface area contributed by atoms with Crippen molar-refractivity contribution in [3.05, 3.63) is 36.4 Å². The lowest BCUT2D eigenvalue weighted by atomic mass is 9.96. The number of rotatable bonds is 10. The number of piperidine rings is 1. The number of benzene rings is 2. The predicted octanol–water partition coefficient (Wildman–Crippen LogP) is 3.79. The summed E-state index contributed by atoms with van der Waals surface area (Å²) in [6.07, 6.45) is 2.32. The maximum absolute atomic E-state index is 12.8. The average molecular weight is 468 g/mol. The van der Waals surface area contributed by atoms with Gasteiger partial charge in [0.2, 0.25) is 11.8 Å². The fraction of sp³-hybridized carbons (Fsp3) is 0.462. The molecular weight excluding hydrogens is 434 g/mol. The zero-order chi connectivity index (χ0) is 23.9. The van der Waals surface area contributed by atoms with Gasteiger partial charge in [-0.1, -0.05) is 18.2 Å². The molecule has 8 heteroatoms. The van der Waals surface area contributed by atoms with E-state index in [0.717, 1.165) is 35.6 Å². The van der Waals surface area contributed by atoms with Gasteiger partial charge in [-0.15, -0.1) is 0 Å². The van der Waals surface area contributed by atoms with Crippen LogP contribution in [-0.2, 0) is 14.3 Å². The highest BCUT2D eigenvalue weighted by atomic mass is 16.5. The molecule has 8 nitrogen and oxygen atoms in total. The van der Waals surface area contributed by atoms with E-state index in [1.165, 1.54) is 0 Å². The minimum Gasteiger partial charge on any atom is -0.495 e. The molecule has 0 spiro atoms. The van der Waals surface area contributed by atoms with Crippen molar-refractivity contribution in [2.45, 2.75) is 26.2 Å². The molecule has 2 aromatic carbocycles. The first-order valence-electron chi connectivity index (χ1n) is 12.0. The van der Waals surface area contributed by atoms with Crippen LogP contribution in [0.1, 0.15) is 26.2 Å². The lowest BCUT2D eigenvalue weighted by molar-refractivity contribution is -0.126. The molecule has 1 aliphatic heterocycles. The number of para-hydroxylation sites is 1. The third-order valence-corrected chi connectivity index (χ3v) is 6.27. The van der Waals surface area contributed by atoms with Crippen molar-refractivity contribution in [1.82, 2.24) is 10.2 Å². The minimum atomic E-state index is -0.118. The van der Waals surface area contributed by atoms with Crippen molar-refractivity contribution >= 4 is 39.4 Å². The number of nitrogens with zero attached hydrogens (tertiary/aromatic N) is 1. The smallest absolute Gasteiger partial charge is 0.238 e. The quantitative estimate of drug-likeness (QED) is 0.441. The van der Waals surface area contributed by atoms with Crippen molar-refractivity contribution in [2.75, 3.05) is 51.8 Å². The predicted molar refractivity (Wildman–Crippen MR) is 132 cm³/mol. The molecule has 2 amide bonds. The lowest BCUT2D eigenvalue weighted by Crippen LogP contribution is -2.43. The Morgan fingerprint density at radius 1 is 1.12 bits per heavy atom. The van der Waals surface area contributed by atoms with E-state index in [9.17, 15) is 9.59 Å². The van der Waals surface area contributed by atoms with Gasteiger partial charge in [0.1, 0.15) is 16.9 Å². The van der Waals surface area contributed by atoms with Crippen molar-refractivity contribution in [3.8, 4) is 5.75 Å². The molecule has 0 radical (unpaired) electrons. The van der Waals surface area contributed by atoms with Crippen molar-refractivity contribution in [2.24, 2.45) is 5.92 Å². The second-order valence-electron chi connectivity index (χ2n) is 8.59. The number of methoxy groups -OCH3 is 1. The SMILES string of the molecule is CCOCCCNC(=O)C1CCN(CC(=O)Nc2cc3oc4ccccc4c3cc2OC)CC1. The van der Waals surface area contributed by atoms with Crippen molar-refractivity contribution in [3.63, 3.8) is 0 Å². The third-order valence-electron chi connectivity index (χ3n) is 6.27. The molecule has 2 heterocycles. The Hall–Kier alpha value is -3.10. The number of amides is 2. The minimum absolute atomic E-state index is 0.00184. The third kappa shape index (κ3) is 5.69. The normalized spacial score (nSPS) is 15.0. The van der Waals surface area contributed by atoms with Gasteiger partial charge in [-0.25, -0.2) is 0 Å². The molecule has 1 aliphatic rings. The number of nitrogens with one attached hydrogen (secondary N) is 2. The number of furan rings is 1.